The van der Waals surface area contributed by atoms with Crippen molar-refractivity contribution in [3.05, 3.63) is 53.3 Å². The molecule has 0 saturated heterocycles. The summed E-state index contributed by atoms with van der Waals surface area (Å²) in [6.07, 6.45) is 1.02. The highest BCUT2D eigenvalue weighted by Gasteiger charge is 2.16. The van der Waals surface area contributed by atoms with Crippen LogP contribution < -0.4 is 5.32 Å². The zero-order valence-electron chi connectivity index (χ0n) is 10.8. The lowest BCUT2D eigenvalue weighted by Gasteiger charge is -2.19. The van der Waals surface area contributed by atoms with Gasteiger partial charge in [-0.05, 0) is 36.2 Å². The van der Waals surface area contributed by atoms with Gasteiger partial charge in [0, 0.05) is 18.2 Å². The van der Waals surface area contributed by atoms with Gasteiger partial charge in [-0.2, -0.15) is 0 Å². The van der Waals surface area contributed by atoms with Gasteiger partial charge in [0.1, 0.15) is 10.8 Å². The third-order valence-corrected chi connectivity index (χ3v) is 4.79. The number of rotatable bonds is 1. The number of halogens is 1. The molecular formula is C16H13FN2S. The molecule has 1 aromatic heterocycles. The summed E-state index contributed by atoms with van der Waals surface area (Å²) in [5, 5.41) is 4.38. The molecule has 2 nitrogen and oxygen atoms in total. The van der Waals surface area contributed by atoms with E-state index < -0.39 is 0 Å². The van der Waals surface area contributed by atoms with E-state index >= 15 is 0 Å². The van der Waals surface area contributed by atoms with Gasteiger partial charge in [-0.15, -0.1) is 11.3 Å². The SMILES string of the molecule is Fc1ccc2sc(-c3cccc4c3CCNC4)nc2c1. The van der Waals surface area contributed by atoms with E-state index in [1.54, 1.807) is 11.3 Å². The standard InChI is InChI=1S/C16H13FN2S/c17-11-4-5-15-14(8-11)19-16(20-15)13-3-1-2-10-9-18-7-6-12(10)13/h1-5,8,18H,6-7,9H2. The molecule has 1 aliphatic heterocycles. The molecule has 4 heteroatoms. The largest absolute Gasteiger partial charge is 0.312 e. The molecule has 2 heterocycles. The van der Waals surface area contributed by atoms with E-state index in [0.29, 0.717) is 0 Å². The van der Waals surface area contributed by atoms with E-state index in [1.165, 1.54) is 28.8 Å². The van der Waals surface area contributed by atoms with Crippen LogP contribution in [0.4, 0.5) is 4.39 Å². The van der Waals surface area contributed by atoms with Crippen molar-refractivity contribution in [2.24, 2.45) is 0 Å². The summed E-state index contributed by atoms with van der Waals surface area (Å²) in [6.45, 7) is 1.92. The average molecular weight is 284 g/mol. The molecule has 0 atom stereocenters. The molecule has 1 N–H and O–H groups in total. The molecule has 20 heavy (non-hydrogen) atoms. The van der Waals surface area contributed by atoms with E-state index in [2.05, 4.69) is 28.5 Å². The Kier molecular flexibility index (Phi) is 2.79. The number of hydrogen-bond acceptors (Lipinski definition) is 3. The van der Waals surface area contributed by atoms with Crippen LogP contribution in [-0.4, -0.2) is 11.5 Å². The molecular weight excluding hydrogens is 271 g/mol. The van der Waals surface area contributed by atoms with Crippen LogP contribution in [0.1, 0.15) is 11.1 Å². The van der Waals surface area contributed by atoms with Gasteiger partial charge < -0.3 is 5.32 Å². The maximum absolute atomic E-state index is 13.3. The smallest absolute Gasteiger partial charge is 0.125 e. The van der Waals surface area contributed by atoms with Crippen LogP contribution in [0.2, 0.25) is 0 Å². The van der Waals surface area contributed by atoms with Crippen LogP contribution in [0, 0.1) is 5.82 Å². The second-order valence-electron chi connectivity index (χ2n) is 5.00. The van der Waals surface area contributed by atoms with Gasteiger partial charge in [0.25, 0.3) is 0 Å². The molecule has 1 aliphatic rings. The maximum Gasteiger partial charge on any atom is 0.125 e. The quantitative estimate of drug-likeness (QED) is 0.736. The molecule has 4 rings (SSSR count). The molecule has 0 aliphatic carbocycles. The summed E-state index contributed by atoms with van der Waals surface area (Å²) in [5.41, 5.74) is 4.67. The summed E-state index contributed by atoms with van der Waals surface area (Å²) < 4.78 is 14.3. The van der Waals surface area contributed by atoms with Crippen molar-refractivity contribution in [3.63, 3.8) is 0 Å². The number of nitrogens with zero attached hydrogens (tertiary/aromatic N) is 1. The van der Waals surface area contributed by atoms with Gasteiger partial charge in [-0.25, -0.2) is 9.37 Å². The number of thiazole rings is 1. The normalized spacial score (nSPS) is 14.4. The first-order valence-corrected chi connectivity index (χ1v) is 7.51. The van der Waals surface area contributed by atoms with Crippen LogP contribution in [-0.2, 0) is 13.0 Å². The lowest BCUT2D eigenvalue weighted by molar-refractivity contribution is 0.629. The van der Waals surface area contributed by atoms with E-state index in [1.807, 2.05) is 6.07 Å². The summed E-state index contributed by atoms with van der Waals surface area (Å²) in [5.74, 6) is -0.228. The first-order valence-electron chi connectivity index (χ1n) is 6.69. The molecule has 0 spiro atoms. The molecule has 0 bridgehead atoms. The predicted molar refractivity (Wildman–Crippen MR) is 80.4 cm³/mol. The average Bonchev–Trinajstić information content (AvgIpc) is 2.89. The number of hydrogen-bond donors (Lipinski definition) is 1. The van der Waals surface area contributed by atoms with Gasteiger partial charge in [-0.3, -0.25) is 0 Å². The maximum atomic E-state index is 13.3. The van der Waals surface area contributed by atoms with Crippen LogP contribution >= 0.6 is 11.3 Å². The highest BCUT2D eigenvalue weighted by atomic mass is 32.1. The van der Waals surface area contributed by atoms with Crippen LogP contribution in [0.5, 0.6) is 0 Å². The van der Waals surface area contributed by atoms with Gasteiger partial charge >= 0.3 is 0 Å². The first-order chi connectivity index (χ1) is 9.81. The first kappa shape index (κ1) is 12.0. The summed E-state index contributed by atoms with van der Waals surface area (Å²) in [6, 6.07) is 11.2. The Morgan fingerprint density at radius 1 is 1.20 bits per heavy atom. The number of fused-ring (bicyclic) bond motifs is 2. The minimum absolute atomic E-state index is 0.228. The van der Waals surface area contributed by atoms with Crippen LogP contribution in [0.15, 0.2) is 36.4 Å². The number of aromatic nitrogens is 1. The Bertz CT molecular complexity index is 794. The zero-order chi connectivity index (χ0) is 13.5. The Labute approximate surface area is 120 Å². The summed E-state index contributed by atoms with van der Waals surface area (Å²) in [4.78, 5) is 4.61. The van der Waals surface area contributed by atoms with Gasteiger partial charge in [0.05, 0.1) is 10.2 Å². The molecule has 0 radical (unpaired) electrons. The second-order valence-corrected chi connectivity index (χ2v) is 6.03. The minimum Gasteiger partial charge on any atom is -0.312 e. The highest BCUT2D eigenvalue weighted by Crippen LogP contribution is 2.34. The van der Waals surface area contributed by atoms with Crippen LogP contribution in [0.25, 0.3) is 20.8 Å². The van der Waals surface area contributed by atoms with Crippen molar-refractivity contribution in [3.8, 4) is 10.6 Å². The Hall–Kier alpha value is -1.78. The monoisotopic (exact) mass is 284 g/mol. The van der Waals surface area contributed by atoms with E-state index in [-0.39, 0.29) is 5.82 Å². The topological polar surface area (TPSA) is 24.9 Å². The fraction of sp³-hybridized carbons (Fsp3) is 0.188. The minimum atomic E-state index is -0.228. The number of benzene rings is 2. The van der Waals surface area contributed by atoms with Crippen molar-refractivity contribution < 1.29 is 4.39 Å². The fourth-order valence-electron chi connectivity index (χ4n) is 2.75. The second kappa shape index (κ2) is 4.65. The molecule has 0 saturated carbocycles. The lowest BCUT2D eigenvalue weighted by atomic mass is 9.96. The number of nitrogens with one attached hydrogen (secondary N) is 1. The molecule has 3 aromatic rings. The van der Waals surface area contributed by atoms with Crippen molar-refractivity contribution in [1.82, 2.24) is 10.3 Å². The predicted octanol–water partition coefficient (Wildman–Crippen LogP) is 3.75. The fourth-order valence-corrected chi connectivity index (χ4v) is 3.75. The highest BCUT2D eigenvalue weighted by molar-refractivity contribution is 7.21. The lowest BCUT2D eigenvalue weighted by Crippen LogP contribution is -2.23. The Morgan fingerprint density at radius 2 is 2.15 bits per heavy atom. The molecule has 0 unspecified atom stereocenters. The van der Waals surface area contributed by atoms with Crippen molar-refractivity contribution in [2.45, 2.75) is 13.0 Å². The van der Waals surface area contributed by atoms with E-state index in [4.69, 9.17) is 0 Å². The molecule has 0 amide bonds. The van der Waals surface area contributed by atoms with Crippen molar-refractivity contribution in [1.29, 1.82) is 0 Å². The Balaban J connectivity index is 1.90. The zero-order valence-corrected chi connectivity index (χ0v) is 11.6. The van der Waals surface area contributed by atoms with Crippen LogP contribution in [0.3, 0.4) is 0 Å². The van der Waals surface area contributed by atoms with Gasteiger partial charge in [0.2, 0.25) is 0 Å². The van der Waals surface area contributed by atoms with Crippen molar-refractivity contribution in [2.75, 3.05) is 6.54 Å². The third-order valence-electron chi connectivity index (χ3n) is 3.72. The summed E-state index contributed by atoms with van der Waals surface area (Å²) in [7, 11) is 0. The van der Waals surface area contributed by atoms with Crippen molar-refractivity contribution >= 4 is 21.6 Å². The Morgan fingerprint density at radius 3 is 3.10 bits per heavy atom. The van der Waals surface area contributed by atoms with Gasteiger partial charge in [-0.1, -0.05) is 18.2 Å². The molecule has 2 aromatic carbocycles. The molecule has 100 valence electrons. The molecule has 0 fully saturated rings. The van der Waals surface area contributed by atoms with Gasteiger partial charge in [0.15, 0.2) is 0 Å². The third kappa shape index (κ3) is 1.92. The van der Waals surface area contributed by atoms with E-state index in [9.17, 15) is 4.39 Å². The van der Waals surface area contributed by atoms with E-state index in [0.717, 1.165) is 34.7 Å². The summed E-state index contributed by atoms with van der Waals surface area (Å²) >= 11 is 1.63.